The maximum absolute atomic E-state index is 11.9. The van der Waals surface area contributed by atoms with Crippen LogP contribution in [0.3, 0.4) is 0 Å². The number of pyridine rings is 1. The average Bonchev–Trinajstić information content (AvgIpc) is 2.34. The van der Waals surface area contributed by atoms with Crippen molar-refractivity contribution in [1.29, 1.82) is 0 Å². The molecule has 7 heteroatoms. The molecule has 1 heterocycles. The van der Waals surface area contributed by atoms with E-state index in [9.17, 15) is 9.59 Å². The summed E-state index contributed by atoms with van der Waals surface area (Å²) in [6.07, 6.45) is 0. The predicted molar refractivity (Wildman–Crippen MR) is 70.9 cm³/mol. The molecule has 1 aromatic heterocycles. The first kappa shape index (κ1) is 13.2. The van der Waals surface area contributed by atoms with E-state index in [2.05, 4.69) is 9.72 Å². The number of ether oxygens (including phenoxy) is 1. The van der Waals surface area contributed by atoms with Crippen LogP contribution in [0.4, 0.5) is 0 Å². The Morgan fingerprint density at radius 2 is 1.89 bits per heavy atom. The number of esters is 1. The fourth-order valence-electron chi connectivity index (χ4n) is 1.54. The largest absolute Gasteiger partial charge is 0.464 e. The van der Waals surface area contributed by atoms with Crippen LogP contribution in [-0.4, -0.2) is 18.1 Å². The highest BCUT2D eigenvalue weighted by Crippen LogP contribution is 2.34. The molecule has 0 saturated heterocycles. The first-order valence-electron chi connectivity index (χ1n) is 4.74. The van der Waals surface area contributed by atoms with Gasteiger partial charge in [-0.2, -0.15) is 0 Å². The van der Waals surface area contributed by atoms with Crippen LogP contribution in [-0.2, 0) is 4.74 Å². The van der Waals surface area contributed by atoms with Gasteiger partial charge in [0.2, 0.25) is 0 Å². The number of carbonyl (C=O) groups is 1. The maximum atomic E-state index is 11.9. The molecule has 1 N–H and O–H groups in total. The second kappa shape index (κ2) is 4.80. The Hall–Kier alpha value is -1.23. The number of hydrogen-bond donors (Lipinski definition) is 1. The predicted octanol–water partition coefficient (Wildman–Crippen LogP) is 3.27. The van der Waals surface area contributed by atoms with E-state index in [1.165, 1.54) is 13.2 Å². The molecule has 0 atom stereocenters. The zero-order valence-corrected chi connectivity index (χ0v) is 11.3. The topological polar surface area (TPSA) is 59.2 Å². The molecule has 94 valence electrons. The Kier molecular flexibility index (Phi) is 3.52. The number of halogens is 3. The number of nitrogens with one attached hydrogen (secondary N) is 1. The van der Waals surface area contributed by atoms with E-state index in [1.807, 2.05) is 0 Å². The third kappa shape index (κ3) is 2.07. The van der Waals surface area contributed by atoms with Gasteiger partial charge in [0.05, 0.1) is 33.1 Å². The molecule has 4 nitrogen and oxygen atoms in total. The lowest BCUT2D eigenvalue weighted by Gasteiger charge is -2.06. The Bertz CT molecular complexity index is 709. The van der Waals surface area contributed by atoms with Crippen molar-refractivity contribution < 1.29 is 9.53 Å². The van der Waals surface area contributed by atoms with Gasteiger partial charge in [-0.15, -0.1) is 0 Å². The summed E-state index contributed by atoms with van der Waals surface area (Å²) in [4.78, 5) is 26.0. The number of carbonyl (C=O) groups excluding carboxylic acids is 1. The van der Waals surface area contributed by atoms with Gasteiger partial charge in [0.15, 0.2) is 5.43 Å². The molecule has 0 spiro atoms. The highest BCUT2D eigenvalue weighted by Gasteiger charge is 2.15. The normalized spacial score (nSPS) is 10.7. The van der Waals surface area contributed by atoms with Gasteiger partial charge in [0, 0.05) is 6.07 Å². The molecule has 0 saturated carbocycles. The molecule has 0 unspecified atom stereocenters. The van der Waals surface area contributed by atoms with E-state index in [4.69, 9.17) is 34.8 Å². The van der Waals surface area contributed by atoms with E-state index in [0.29, 0.717) is 5.52 Å². The van der Waals surface area contributed by atoms with Crippen molar-refractivity contribution >= 4 is 51.7 Å². The van der Waals surface area contributed by atoms with E-state index >= 15 is 0 Å². The summed E-state index contributed by atoms with van der Waals surface area (Å²) in [5.74, 6) is -0.656. The molecular weight excluding hydrogens is 300 g/mol. The summed E-state index contributed by atoms with van der Waals surface area (Å²) in [5, 5.41) is 0.518. The molecular formula is C11H6Cl3NO3. The van der Waals surface area contributed by atoms with Gasteiger partial charge >= 0.3 is 5.97 Å². The molecule has 1 aromatic carbocycles. The third-order valence-corrected chi connectivity index (χ3v) is 3.62. The Labute approximate surface area is 116 Å². The maximum Gasteiger partial charge on any atom is 0.354 e. The van der Waals surface area contributed by atoms with Crippen molar-refractivity contribution in [3.63, 3.8) is 0 Å². The number of hydrogen-bond acceptors (Lipinski definition) is 3. The van der Waals surface area contributed by atoms with Crippen molar-refractivity contribution in [3.05, 3.63) is 43.1 Å². The van der Waals surface area contributed by atoms with E-state index in [1.54, 1.807) is 0 Å². The summed E-state index contributed by atoms with van der Waals surface area (Å²) < 4.78 is 4.52. The first-order valence-corrected chi connectivity index (χ1v) is 5.88. The van der Waals surface area contributed by atoms with Gasteiger partial charge in [0.25, 0.3) is 0 Å². The highest BCUT2D eigenvalue weighted by molar-refractivity contribution is 6.50. The van der Waals surface area contributed by atoms with E-state index < -0.39 is 11.4 Å². The van der Waals surface area contributed by atoms with E-state index in [-0.39, 0.29) is 26.1 Å². The monoisotopic (exact) mass is 305 g/mol. The quantitative estimate of drug-likeness (QED) is 0.650. The van der Waals surface area contributed by atoms with Crippen LogP contribution >= 0.6 is 34.8 Å². The lowest BCUT2D eigenvalue weighted by molar-refractivity contribution is 0.0594. The molecule has 0 aliphatic rings. The number of benzene rings is 1. The van der Waals surface area contributed by atoms with Crippen molar-refractivity contribution in [3.8, 4) is 0 Å². The minimum Gasteiger partial charge on any atom is -0.464 e. The molecule has 0 aliphatic heterocycles. The zero-order valence-electron chi connectivity index (χ0n) is 9.01. The zero-order chi connectivity index (χ0) is 13.4. The molecule has 0 bridgehead atoms. The van der Waals surface area contributed by atoms with Crippen molar-refractivity contribution in [2.75, 3.05) is 7.11 Å². The number of rotatable bonds is 1. The summed E-state index contributed by atoms with van der Waals surface area (Å²) in [5.41, 5.74) is -0.0977. The molecule has 0 aliphatic carbocycles. The van der Waals surface area contributed by atoms with Gasteiger partial charge in [-0.25, -0.2) is 4.79 Å². The second-order valence-corrected chi connectivity index (χ2v) is 4.61. The van der Waals surface area contributed by atoms with Crippen molar-refractivity contribution in [1.82, 2.24) is 4.98 Å². The SMILES string of the molecule is COC(=O)c1cc(=O)c2c(Cl)c(Cl)c(Cl)cc2[nH]1. The summed E-state index contributed by atoms with van der Waals surface area (Å²) in [7, 11) is 1.21. The lowest BCUT2D eigenvalue weighted by Crippen LogP contribution is -2.11. The number of aromatic amines is 1. The number of fused-ring (bicyclic) bond motifs is 1. The van der Waals surface area contributed by atoms with Crippen LogP contribution in [0.1, 0.15) is 10.5 Å². The molecule has 0 fully saturated rings. The van der Waals surface area contributed by atoms with Crippen LogP contribution < -0.4 is 5.43 Å². The smallest absolute Gasteiger partial charge is 0.354 e. The molecule has 18 heavy (non-hydrogen) atoms. The summed E-state index contributed by atoms with van der Waals surface area (Å²) >= 11 is 17.7. The number of aromatic nitrogens is 1. The third-order valence-electron chi connectivity index (χ3n) is 2.36. The Balaban J connectivity index is 2.87. The van der Waals surface area contributed by atoms with Gasteiger partial charge in [-0.05, 0) is 6.07 Å². The van der Waals surface area contributed by atoms with Crippen LogP contribution in [0.25, 0.3) is 10.9 Å². The molecule has 2 rings (SSSR count). The molecule has 0 radical (unpaired) electrons. The van der Waals surface area contributed by atoms with Crippen molar-refractivity contribution in [2.24, 2.45) is 0 Å². The minimum atomic E-state index is -0.656. The summed E-state index contributed by atoms with van der Waals surface area (Å²) in [6, 6.07) is 2.53. The average molecular weight is 307 g/mol. The van der Waals surface area contributed by atoms with E-state index in [0.717, 1.165) is 6.07 Å². The van der Waals surface area contributed by atoms with Crippen molar-refractivity contribution in [2.45, 2.75) is 0 Å². The number of H-pyrrole nitrogens is 1. The molecule has 0 amide bonds. The van der Waals surface area contributed by atoms with Crippen LogP contribution in [0.5, 0.6) is 0 Å². The molecule has 2 aromatic rings. The highest BCUT2D eigenvalue weighted by atomic mass is 35.5. The van der Waals surface area contributed by atoms with Crippen LogP contribution in [0, 0.1) is 0 Å². The van der Waals surface area contributed by atoms with Gasteiger partial charge in [-0.1, -0.05) is 34.8 Å². The fraction of sp³-hybridized carbons (Fsp3) is 0.0909. The Morgan fingerprint density at radius 3 is 2.50 bits per heavy atom. The van der Waals surface area contributed by atoms with Gasteiger partial charge in [-0.3, -0.25) is 4.79 Å². The van der Waals surface area contributed by atoms with Gasteiger partial charge in [0.1, 0.15) is 5.69 Å². The standard InChI is InChI=1S/C11H6Cl3NO3/c1-18-11(17)6-3-7(16)8-5(15-6)2-4(12)9(13)10(8)14/h2-3H,1H3,(H,15,16). The van der Waals surface area contributed by atoms with Crippen LogP contribution in [0.2, 0.25) is 15.1 Å². The van der Waals surface area contributed by atoms with Crippen LogP contribution in [0.15, 0.2) is 16.9 Å². The first-order chi connectivity index (χ1) is 8.45. The van der Waals surface area contributed by atoms with Gasteiger partial charge < -0.3 is 9.72 Å². The summed E-state index contributed by atoms with van der Waals surface area (Å²) in [6.45, 7) is 0. The lowest BCUT2D eigenvalue weighted by atomic mass is 10.2. The fourth-order valence-corrected chi connectivity index (χ4v) is 2.24. The second-order valence-electron chi connectivity index (χ2n) is 3.45. The minimum absolute atomic E-state index is 0.0180. The number of methoxy groups -OCH3 is 1. The Morgan fingerprint density at radius 1 is 1.22 bits per heavy atom.